The minimum atomic E-state index is -0.265. The summed E-state index contributed by atoms with van der Waals surface area (Å²) in [6.45, 7) is 6.38. The van der Waals surface area contributed by atoms with Crippen molar-refractivity contribution >= 4 is 28.9 Å². The van der Waals surface area contributed by atoms with Crippen molar-refractivity contribution in [1.82, 2.24) is 4.98 Å². The predicted octanol–water partition coefficient (Wildman–Crippen LogP) is 5.00. The zero-order valence-corrected chi connectivity index (χ0v) is 16.3. The van der Waals surface area contributed by atoms with E-state index in [2.05, 4.69) is 41.2 Å². The van der Waals surface area contributed by atoms with E-state index in [-0.39, 0.29) is 11.7 Å². The molecule has 0 aliphatic rings. The molecule has 5 heteroatoms. The lowest BCUT2D eigenvalue weighted by Gasteiger charge is -2.22. The Labute approximate surface area is 165 Å². The Bertz CT molecular complexity index is 997. The molecule has 1 amide bonds. The fraction of sp³-hybridized carbons (Fsp3) is 0.174. The number of nitrogens with one attached hydrogen (secondary N) is 1. The summed E-state index contributed by atoms with van der Waals surface area (Å²) < 4.78 is 0. The van der Waals surface area contributed by atoms with Gasteiger partial charge in [0, 0.05) is 29.7 Å². The number of Topliss-reactive ketones (excluding diaryl/α,β-unsaturated/α-hetero) is 1. The molecule has 0 unspecified atom stereocenters. The van der Waals surface area contributed by atoms with Gasteiger partial charge in [0.1, 0.15) is 5.82 Å². The van der Waals surface area contributed by atoms with Gasteiger partial charge in [-0.1, -0.05) is 24.3 Å². The number of amides is 1. The van der Waals surface area contributed by atoms with Crippen molar-refractivity contribution in [3.63, 3.8) is 0 Å². The Morgan fingerprint density at radius 2 is 1.79 bits per heavy atom. The van der Waals surface area contributed by atoms with E-state index in [9.17, 15) is 9.59 Å². The van der Waals surface area contributed by atoms with Crippen LogP contribution in [0.5, 0.6) is 0 Å². The normalized spacial score (nSPS) is 10.4. The monoisotopic (exact) mass is 373 g/mol. The second kappa shape index (κ2) is 8.48. The lowest BCUT2D eigenvalue weighted by Crippen LogP contribution is -2.18. The molecule has 3 aromatic rings. The predicted molar refractivity (Wildman–Crippen MR) is 112 cm³/mol. The summed E-state index contributed by atoms with van der Waals surface area (Å²) in [5, 5.41) is 2.81. The number of benzene rings is 2. The summed E-state index contributed by atoms with van der Waals surface area (Å²) in [6, 6.07) is 18.7. The number of anilines is 3. The maximum Gasteiger partial charge on any atom is 0.257 e. The van der Waals surface area contributed by atoms with Crippen LogP contribution in [0.3, 0.4) is 0 Å². The second-order valence-corrected chi connectivity index (χ2v) is 6.58. The summed E-state index contributed by atoms with van der Waals surface area (Å²) in [5.41, 5.74) is 3.84. The Hall–Kier alpha value is -3.47. The standard InChI is InChI=1S/C23H23N3O2/c1-4-26(21-10-5-7-16(2)13-21)22-12-11-19(15-24-22)23(28)25-20-9-6-8-18(14-20)17(3)27/h5-15H,4H2,1-3H3,(H,25,28). The highest BCUT2D eigenvalue weighted by molar-refractivity contribution is 6.05. The highest BCUT2D eigenvalue weighted by Gasteiger charge is 2.12. The van der Waals surface area contributed by atoms with Crippen molar-refractivity contribution < 1.29 is 9.59 Å². The fourth-order valence-electron chi connectivity index (χ4n) is 2.97. The lowest BCUT2D eigenvalue weighted by molar-refractivity contribution is 0.101. The molecule has 0 radical (unpaired) electrons. The smallest absolute Gasteiger partial charge is 0.257 e. The largest absolute Gasteiger partial charge is 0.327 e. The SMILES string of the molecule is CCN(c1cccc(C)c1)c1ccc(C(=O)Nc2cccc(C(C)=O)c2)cn1. The topological polar surface area (TPSA) is 62.3 Å². The highest BCUT2D eigenvalue weighted by Crippen LogP contribution is 2.24. The zero-order chi connectivity index (χ0) is 20.1. The quantitative estimate of drug-likeness (QED) is 0.618. The van der Waals surface area contributed by atoms with Gasteiger partial charge < -0.3 is 10.2 Å². The number of rotatable bonds is 6. The first-order valence-corrected chi connectivity index (χ1v) is 9.20. The van der Waals surface area contributed by atoms with Gasteiger partial charge in [-0.15, -0.1) is 0 Å². The van der Waals surface area contributed by atoms with Crippen LogP contribution in [0.1, 0.15) is 40.1 Å². The highest BCUT2D eigenvalue weighted by atomic mass is 16.1. The van der Waals surface area contributed by atoms with Gasteiger partial charge >= 0.3 is 0 Å². The van der Waals surface area contributed by atoms with E-state index in [4.69, 9.17) is 0 Å². The van der Waals surface area contributed by atoms with Crippen LogP contribution >= 0.6 is 0 Å². The molecular weight excluding hydrogens is 350 g/mol. The number of nitrogens with zero attached hydrogens (tertiary/aromatic N) is 2. The fourth-order valence-corrected chi connectivity index (χ4v) is 2.97. The van der Waals surface area contributed by atoms with Crippen LogP contribution in [0.15, 0.2) is 66.9 Å². The van der Waals surface area contributed by atoms with Crippen LogP contribution in [0.4, 0.5) is 17.2 Å². The van der Waals surface area contributed by atoms with Gasteiger partial charge in [0.05, 0.1) is 5.56 Å². The number of aryl methyl sites for hydroxylation is 1. The van der Waals surface area contributed by atoms with Gasteiger partial charge in [-0.05, 0) is 62.7 Å². The summed E-state index contributed by atoms with van der Waals surface area (Å²) in [5.74, 6) is 0.472. The van der Waals surface area contributed by atoms with Gasteiger partial charge in [-0.2, -0.15) is 0 Å². The van der Waals surface area contributed by atoms with Crippen molar-refractivity contribution in [2.24, 2.45) is 0 Å². The number of hydrogen-bond acceptors (Lipinski definition) is 4. The molecule has 0 spiro atoms. The molecule has 0 bridgehead atoms. The molecule has 1 aromatic heterocycles. The summed E-state index contributed by atoms with van der Waals surface area (Å²) >= 11 is 0. The third kappa shape index (κ3) is 4.43. The molecule has 28 heavy (non-hydrogen) atoms. The van der Waals surface area contributed by atoms with E-state index >= 15 is 0 Å². The van der Waals surface area contributed by atoms with Gasteiger partial charge in [-0.3, -0.25) is 9.59 Å². The maximum absolute atomic E-state index is 12.5. The number of ketones is 1. The van der Waals surface area contributed by atoms with Crippen LogP contribution in [0.25, 0.3) is 0 Å². The first-order chi connectivity index (χ1) is 13.5. The van der Waals surface area contributed by atoms with Crippen LogP contribution in [0.2, 0.25) is 0 Å². The minimum Gasteiger partial charge on any atom is -0.327 e. The van der Waals surface area contributed by atoms with Crippen molar-refractivity contribution in [3.8, 4) is 0 Å². The Morgan fingerprint density at radius 3 is 2.43 bits per heavy atom. The Kier molecular flexibility index (Phi) is 5.84. The minimum absolute atomic E-state index is 0.0436. The number of hydrogen-bond donors (Lipinski definition) is 1. The number of aromatic nitrogens is 1. The molecule has 142 valence electrons. The first kappa shape index (κ1) is 19.3. The molecule has 1 N–H and O–H groups in total. The van der Waals surface area contributed by atoms with Crippen molar-refractivity contribution in [3.05, 3.63) is 83.6 Å². The number of carbonyl (C=O) groups is 2. The van der Waals surface area contributed by atoms with Crippen LogP contribution in [0, 0.1) is 6.92 Å². The lowest BCUT2D eigenvalue weighted by atomic mass is 10.1. The Morgan fingerprint density at radius 1 is 1.00 bits per heavy atom. The van der Waals surface area contributed by atoms with Crippen LogP contribution in [-0.2, 0) is 0 Å². The molecule has 0 aliphatic heterocycles. The van der Waals surface area contributed by atoms with E-state index in [0.717, 1.165) is 18.1 Å². The third-order valence-corrected chi connectivity index (χ3v) is 4.44. The molecule has 5 nitrogen and oxygen atoms in total. The van der Waals surface area contributed by atoms with Crippen molar-refractivity contribution in [2.45, 2.75) is 20.8 Å². The van der Waals surface area contributed by atoms with Crippen LogP contribution < -0.4 is 10.2 Å². The van der Waals surface area contributed by atoms with Gasteiger partial charge in [0.15, 0.2) is 5.78 Å². The van der Waals surface area contributed by atoms with Gasteiger partial charge in [0.25, 0.3) is 5.91 Å². The van der Waals surface area contributed by atoms with Crippen LogP contribution in [-0.4, -0.2) is 23.2 Å². The first-order valence-electron chi connectivity index (χ1n) is 9.20. The van der Waals surface area contributed by atoms with Crippen molar-refractivity contribution in [2.75, 3.05) is 16.8 Å². The molecule has 0 atom stereocenters. The third-order valence-electron chi connectivity index (χ3n) is 4.44. The van der Waals surface area contributed by atoms with Gasteiger partial charge in [0.2, 0.25) is 0 Å². The molecule has 0 saturated carbocycles. The van der Waals surface area contributed by atoms with E-state index in [0.29, 0.717) is 16.8 Å². The van der Waals surface area contributed by atoms with Crippen molar-refractivity contribution in [1.29, 1.82) is 0 Å². The maximum atomic E-state index is 12.5. The van der Waals surface area contributed by atoms with Gasteiger partial charge in [-0.25, -0.2) is 4.98 Å². The summed E-state index contributed by atoms with van der Waals surface area (Å²) in [6.07, 6.45) is 1.57. The number of carbonyl (C=O) groups excluding carboxylic acids is 2. The van der Waals surface area contributed by atoms with E-state index in [1.54, 1.807) is 36.5 Å². The summed E-state index contributed by atoms with van der Waals surface area (Å²) in [7, 11) is 0. The average Bonchev–Trinajstić information content (AvgIpc) is 2.69. The van der Waals surface area contributed by atoms with E-state index in [1.165, 1.54) is 12.5 Å². The zero-order valence-electron chi connectivity index (χ0n) is 16.3. The number of pyridine rings is 1. The molecule has 2 aromatic carbocycles. The molecule has 0 saturated heterocycles. The van der Waals surface area contributed by atoms with E-state index in [1.807, 2.05) is 18.2 Å². The Balaban J connectivity index is 1.77. The molecule has 0 fully saturated rings. The second-order valence-electron chi connectivity index (χ2n) is 6.58. The molecule has 1 heterocycles. The molecule has 3 rings (SSSR count). The molecule has 0 aliphatic carbocycles. The average molecular weight is 373 g/mol. The van der Waals surface area contributed by atoms with E-state index < -0.39 is 0 Å². The molecular formula is C23H23N3O2. The summed E-state index contributed by atoms with van der Waals surface area (Å²) in [4.78, 5) is 30.6.